The van der Waals surface area contributed by atoms with Gasteiger partial charge in [-0.2, -0.15) is 0 Å². The molecule has 2 N–H and O–H groups in total. The van der Waals surface area contributed by atoms with E-state index in [1.807, 2.05) is 0 Å². The normalized spacial score (nSPS) is 12.2. The Labute approximate surface area is 132 Å². The predicted molar refractivity (Wildman–Crippen MR) is 90.2 cm³/mol. The molecule has 0 bridgehead atoms. The molecule has 0 aliphatic rings. The van der Waals surface area contributed by atoms with Crippen molar-refractivity contribution in [1.82, 2.24) is 9.97 Å². The van der Waals surface area contributed by atoms with E-state index < -0.39 is 0 Å². The maximum absolute atomic E-state index is 6.00. The molecule has 108 valence electrons. The zero-order chi connectivity index (χ0) is 15.1. The smallest absolute Gasteiger partial charge is 0.171 e. The Morgan fingerprint density at radius 2 is 1.85 bits per heavy atom. The number of hydrogen-bond donors (Lipinski definition) is 1. The summed E-state index contributed by atoms with van der Waals surface area (Å²) in [7, 11) is 0. The van der Waals surface area contributed by atoms with Gasteiger partial charge in [0, 0.05) is 4.88 Å². The van der Waals surface area contributed by atoms with E-state index in [4.69, 9.17) is 5.73 Å². The third kappa shape index (κ3) is 3.04. The van der Waals surface area contributed by atoms with Crippen LogP contribution >= 0.6 is 27.3 Å². The van der Waals surface area contributed by atoms with E-state index in [0.29, 0.717) is 11.7 Å². The van der Waals surface area contributed by atoms with Crippen LogP contribution in [-0.2, 0) is 5.41 Å². The highest BCUT2D eigenvalue weighted by molar-refractivity contribution is 9.10. The maximum atomic E-state index is 6.00. The largest absolute Gasteiger partial charge is 0.383 e. The number of rotatable bonds is 2. The number of hydrogen-bond acceptors (Lipinski definition) is 4. The fourth-order valence-electron chi connectivity index (χ4n) is 1.84. The zero-order valence-electron chi connectivity index (χ0n) is 12.5. The summed E-state index contributed by atoms with van der Waals surface area (Å²) >= 11 is 5.21. The molecule has 3 nitrogen and oxygen atoms in total. The molecule has 2 aromatic heterocycles. The fourth-order valence-corrected chi connectivity index (χ4v) is 3.47. The van der Waals surface area contributed by atoms with Crippen LogP contribution in [0.1, 0.15) is 51.1 Å². The summed E-state index contributed by atoms with van der Waals surface area (Å²) in [5.41, 5.74) is 7.10. The van der Waals surface area contributed by atoms with E-state index in [1.54, 1.807) is 11.3 Å². The first-order valence-corrected chi connectivity index (χ1v) is 8.24. The second-order valence-electron chi connectivity index (χ2n) is 6.20. The fraction of sp³-hybridized carbons (Fsp3) is 0.467. The number of aromatic nitrogens is 2. The number of halogens is 1. The van der Waals surface area contributed by atoms with Gasteiger partial charge in [-0.1, -0.05) is 34.6 Å². The molecule has 0 saturated carbocycles. The Balaban J connectivity index is 2.51. The minimum absolute atomic E-state index is 0.144. The van der Waals surface area contributed by atoms with E-state index in [0.717, 1.165) is 20.9 Å². The van der Waals surface area contributed by atoms with Crippen molar-refractivity contribution in [2.24, 2.45) is 0 Å². The van der Waals surface area contributed by atoms with Crippen LogP contribution in [0, 0.1) is 0 Å². The molecule has 2 heterocycles. The highest BCUT2D eigenvalue weighted by Crippen LogP contribution is 2.36. The molecule has 5 heteroatoms. The van der Waals surface area contributed by atoms with Gasteiger partial charge in [-0.05, 0) is 39.4 Å². The topological polar surface area (TPSA) is 51.8 Å². The van der Waals surface area contributed by atoms with E-state index in [-0.39, 0.29) is 5.41 Å². The molecule has 0 aliphatic heterocycles. The first kappa shape index (κ1) is 15.4. The molecular weight excluding hydrogens is 334 g/mol. The quantitative estimate of drug-likeness (QED) is 0.828. The molecule has 0 aromatic carbocycles. The SMILES string of the molecule is CC(C)c1nc(-c2ccc(C(C)(C)C)s2)nc(N)c1Br. The summed E-state index contributed by atoms with van der Waals surface area (Å²) in [6.45, 7) is 10.8. The van der Waals surface area contributed by atoms with E-state index in [9.17, 15) is 0 Å². The standard InChI is InChI=1S/C15H20BrN3S/c1-8(2)12-11(16)13(17)19-14(18-12)9-6-7-10(20-9)15(3,4)5/h6-8H,1-5H3,(H2,17,18,19). The van der Waals surface area contributed by atoms with Crippen LogP contribution in [0.4, 0.5) is 5.82 Å². The Bertz CT molecular complexity index is 627. The third-order valence-electron chi connectivity index (χ3n) is 3.01. The third-order valence-corrected chi connectivity index (χ3v) is 5.33. The number of nitrogen functional groups attached to an aromatic ring is 1. The lowest BCUT2D eigenvalue weighted by molar-refractivity contribution is 0.604. The molecule has 0 atom stereocenters. The molecule has 0 fully saturated rings. The van der Waals surface area contributed by atoms with Crippen molar-refractivity contribution in [3.8, 4) is 10.7 Å². The van der Waals surface area contributed by atoms with Crippen molar-refractivity contribution >= 4 is 33.1 Å². The predicted octanol–water partition coefficient (Wildman–Crippen LogP) is 4.97. The molecule has 0 saturated heterocycles. The molecule has 0 aliphatic carbocycles. The summed E-state index contributed by atoms with van der Waals surface area (Å²) in [5.74, 6) is 1.52. The van der Waals surface area contributed by atoms with Gasteiger partial charge in [0.15, 0.2) is 5.82 Å². The average Bonchev–Trinajstić information content (AvgIpc) is 2.81. The number of nitrogens with zero attached hydrogens (tertiary/aromatic N) is 2. The number of thiophene rings is 1. The van der Waals surface area contributed by atoms with E-state index >= 15 is 0 Å². The van der Waals surface area contributed by atoms with Gasteiger partial charge in [0.1, 0.15) is 5.82 Å². The summed E-state index contributed by atoms with van der Waals surface area (Å²) in [5, 5.41) is 0. The lowest BCUT2D eigenvalue weighted by atomic mass is 9.95. The minimum Gasteiger partial charge on any atom is -0.383 e. The van der Waals surface area contributed by atoms with Gasteiger partial charge in [-0.3, -0.25) is 0 Å². The molecule has 2 rings (SSSR count). The van der Waals surface area contributed by atoms with Gasteiger partial charge >= 0.3 is 0 Å². The van der Waals surface area contributed by atoms with E-state index in [2.05, 4.69) is 72.6 Å². The van der Waals surface area contributed by atoms with Crippen LogP contribution in [0.5, 0.6) is 0 Å². The Morgan fingerprint density at radius 3 is 2.35 bits per heavy atom. The molecule has 20 heavy (non-hydrogen) atoms. The molecular formula is C15H20BrN3S. The summed E-state index contributed by atoms with van der Waals surface area (Å²) < 4.78 is 0.809. The Morgan fingerprint density at radius 1 is 1.20 bits per heavy atom. The van der Waals surface area contributed by atoms with Gasteiger partial charge in [0.25, 0.3) is 0 Å². The molecule has 0 spiro atoms. The van der Waals surface area contributed by atoms with Crippen LogP contribution in [-0.4, -0.2) is 9.97 Å². The van der Waals surface area contributed by atoms with Crippen molar-refractivity contribution in [2.75, 3.05) is 5.73 Å². The average molecular weight is 354 g/mol. The molecule has 0 unspecified atom stereocenters. The van der Waals surface area contributed by atoms with Crippen molar-refractivity contribution in [1.29, 1.82) is 0 Å². The second-order valence-corrected chi connectivity index (χ2v) is 8.08. The van der Waals surface area contributed by atoms with Gasteiger partial charge in [0.2, 0.25) is 0 Å². The second kappa shape index (κ2) is 5.45. The highest BCUT2D eigenvalue weighted by Gasteiger charge is 2.19. The van der Waals surface area contributed by atoms with Crippen LogP contribution in [0.25, 0.3) is 10.7 Å². The Hall–Kier alpha value is -0.940. The first-order chi connectivity index (χ1) is 9.20. The van der Waals surface area contributed by atoms with Gasteiger partial charge in [-0.25, -0.2) is 9.97 Å². The Kier molecular flexibility index (Phi) is 4.21. The molecule has 0 radical (unpaired) electrons. The van der Waals surface area contributed by atoms with Gasteiger partial charge in [-0.15, -0.1) is 11.3 Å². The van der Waals surface area contributed by atoms with Crippen molar-refractivity contribution in [2.45, 2.75) is 46.0 Å². The first-order valence-electron chi connectivity index (χ1n) is 6.63. The van der Waals surface area contributed by atoms with Crippen molar-refractivity contribution < 1.29 is 0 Å². The summed E-state index contributed by atoms with van der Waals surface area (Å²) in [6, 6.07) is 4.23. The number of nitrogens with two attached hydrogens (primary N) is 1. The van der Waals surface area contributed by atoms with Crippen LogP contribution in [0.2, 0.25) is 0 Å². The van der Waals surface area contributed by atoms with Crippen LogP contribution in [0.15, 0.2) is 16.6 Å². The lowest BCUT2D eigenvalue weighted by Gasteiger charge is -2.15. The summed E-state index contributed by atoms with van der Waals surface area (Å²) in [6.07, 6.45) is 0. The minimum atomic E-state index is 0.144. The maximum Gasteiger partial charge on any atom is 0.171 e. The zero-order valence-corrected chi connectivity index (χ0v) is 14.9. The summed E-state index contributed by atoms with van der Waals surface area (Å²) in [4.78, 5) is 11.5. The van der Waals surface area contributed by atoms with Crippen molar-refractivity contribution in [3.05, 3.63) is 27.2 Å². The molecule has 2 aromatic rings. The van der Waals surface area contributed by atoms with Crippen LogP contribution < -0.4 is 5.73 Å². The number of anilines is 1. The lowest BCUT2D eigenvalue weighted by Crippen LogP contribution is -2.07. The monoisotopic (exact) mass is 353 g/mol. The van der Waals surface area contributed by atoms with Gasteiger partial charge in [0.05, 0.1) is 15.0 Å². The van der Waals surface area contributed by atoms with Gasteiger partial charge < -0.3 is 5.73 Å². The van der Waals surface area contributed by atoms with E-state index in [1.165, 1.54) is 4.88 Å². The van der Waals surface area contributed by atoms with Crippen LogP contribution in [0.3, 0.4) is 0 Å². The molecule has 0 amide bonds. The van der Waals surface area contributed by atoms with Crippen molar-refractivity contribution in [3.63, 3.8) is 0 Å². The highest BCUT2D eigenvalue weighted by atomic mass is 79.9.